The summed E-state index contributed by atoms with van der Waals surface area (Å²) >= 11 is 6.06. The molecule has 0 spiro atoms. The molecule has 0 saturated carbocycles. The normalized spacial score (nSPS) is 11.9. The van der Waals surface area contributed by atoms with Gasteiger partial charge in [-0.2, -0.15) is 5.10 Å². The maximum atomic E-state index is 8.65. The molecule has 3 N–H and O–H groups in total. The van der Waals surface area contributed by atoms with Gasteiger partial charge in [0.1, 0.15) is 18.7 Å². The van der Waals surface area contributed by atoms with E-state index >= 15 is 0 Å². The van der Waals surface area contributed by atoms with Crippen molar-refractivity contribution >= 4 is 17.4 Å². The minimum Gasteiger partial charge on any atom is -0.486 e. The van der Waals surface area contributed by atoms with Crippen molar-refractivity contribution < 1.29 is 9.94 Å². The number of amidine groups is 1. The summed E-state index contributed by atoms with van der Waals surface area (Å²) in [4.78, 5) is 4.16. The van der Waals surface area contributed by atoms with Crippen molar-refractivity contribution in [3.05, 3.63) is 40.9 Å². The number of halogens is 1. The molecule has 0 fully saturated rings. The molecule has 1 aromatic heterocycles. The van der Waals surface area contributed by atoms with Crippen LogP contribution < -0.4 is 10.5 Å². The number of aromatic nitrogens is 3. The fourth-order valence-electron chi connectivity index (χ4n) is 1.80. The quantitative estimate of drug-likeness (QED) is 0.382. The lowest BCUT2D eigenvalue weighted by molar-refractivity contribution is 0.282. The lowest BCUT2D eigenvalue weighted by Crippen LogP contribution is -2.14. The van der Waals surface area contributed by atoms with Gasteiger partial charge in [0.2, 0.25) is 0 Å². The lowest BCUT2D eigenvalue weighted by atomic mass is 10.2. The maximum absolute atomic E-state index is 8.65. The fraction of sp³-hybridized carbons (Fsp3) is 0.308. The standard InChI is InChI=1S/C13H16ClN5O2/c1-8(2)19-12(16-7-17-19)6-21-9-3-4-10(11(14)5-9)13(15)18-20/h3-5,7-8,20H,6H2,1-2H3,(H2,15,18). The zero-order valence-corrected chi connectivity index (χ0v) is 12.4. The van der Waals surface area contributed by atoms with Crippen molar-refractivity contribution in [1.82, 2.24) is 14.8 Å². The van der Waals surface area contributed by atoms with E-state index in [1.807, 2.05) is 13.8 Å². The van der Waals surface area contributed by atoms with Crippen LogP contribution in [0.2, 0.25) is 5.02 Å². The molecular weight excluding hydrogens is 294 g/mol. The van der Waals surface area contributed by atoms with Gasteiger partial charge in [0, 0.05) is 11.6 Å². The Morgan fingerprint density at radius 3 is 2.90 bits per heavy atom. The van der Waals surface area contributed by atoms with Crippen LogP contribution in [0.1, 0.15) is 31.3 Å². The molecule has 0 atom stereocenters. The molecule has 0 saturated heterocycles. The lowest BCUT2D eigenvalue weighted by Gasteiger charge is -2.11. The molecule has 1 aromatic carbocycles. The number of ether oxygens (including phenoxy) is 1. The zero-order chi connectivity index (χ0) is 15.4. The van der Waals surface area contributed by atoms with Crippen LogP contribution in [-0.4, -0.2) is 25.8 Å². The second kappa shape index (κ2) is 6.45. The number of nitrogens with two attached hydrogens (primary N) is 1. The van der Waals surface area contributed by atoms with Crippen molar-refractivity contribution in [2.75, 3.05) is 0 Å². The summed E-state index contributed by atoms with van der Waals surface area (Å²) < 4.78 is 7.42. The summed E-state index contributed by atoms with van der Waals surface area (Å²) in [5, 5.41) is 16.0. The molecule has 0 aliphatic rings. The van der Waals surface area contributed by atoms with Crippen LogP contribution in [0, 0.1) is 0 Å². The van der Waals surface area contributed by atoms with Crippen LogP contribution in [0.4, 0.5) is 0 Å². The van der Waals surface area contributed by atoms with E-state index in [9.17, 15) is 0 Å². The Hall–Kier alpha value is -2.28. The van der Waals surface area contributed by atoms with E-state index in [1.54, 1.807) is 22.9 Å². The molecule has 2 aromatic rings. The molecule has 8 heteroatoms. The van der Waals surface area contributed by atoms with Gasteiger partial charge < -0.3 is 15.7 Å². The average Bonchev–Trinajstić information content (AvgIpc) is 2.93. The Morgan fingerprint density at radius 2 is 2.29 bits per heavy atom. The summed E-state index contributed by atoms with van der Waals surface area (Å²) in [6.45, 7) is 4.30. The Balaban J connectivity index is 2.11. The predicted molar refractivity (Wildman–Crippen MR) is 78.7 cm³/mol. The highest BCUT2D eigenvalue weighted by Gasteiger charge is 2.10. The first-order valence-electron chi connectivity index (χ1n) is 6.31. The highest BCUT2D eigenvalue weighted by molar-refractivity contribution is 6.34. The highest BCUT2D eigenvalue weighted by Crippen LogP contribution is 2.23. The molecule has 2 rings (SSSR count). The number of hydrogen-bond donors (Lipinski definition) is 2. The number of oxime groups is 1. The topological polar surface area (TPSA) is 98.5 Å². The van der Waals surface area contributed by atoms with E-state index in [1.165, 1.54) is 6.33 Å². The maximum Gasteiger partial charge on any atom is 0.171 e. The second-order valence-electron chi connectivity index (χ2n) is 4.63. The van der Waals surface area contributed by atoms with Crippen LogP contribution in [0.3, 0.4) is 0 Å². The third kappa shape index (κ3) is 3.43. The minimum atomic E-state index is -0.0499. The van der Waals surface area contributed by atoms with Gasteiger partial charge in [-0.3, -0.25) is 0 Å². The van der Waals surface area contributed by atoms with Crippen LogP contribution in [-0.2, 0) is 6.61 Å². The minimum absolute atomic E-state index is 0.0499. The highest BCUT2D eigenvalue weighted by atomic mass is 35.5. The van der Waals surface area contributed by atoms with E-state index < -0.39 is 0 Å². The van der Waals surface area contributed by atoms with Gasteiger partial charge in [-0.05, 0) is 32.0 Å². The molecular formula is C13H16ClN5O2. The molecule has 21 heavy (non-hydrogen) atoms. The monoisotopic (exact) mass is 309 g/mol. The van der Waals surface area contributed by atoms with Crippen LogP contribution >= 0.6 is 11.6 Å². The molecule has 0 radical (unpaired) electrons. The summed E-state index contributed by atoms with van der Waals surface area (Å²) in [5.41, 5.74) is 5.94. The number of nitrogens with zero attached hydrogens (tertiary/aromatic N) is 4. The van der Waals surface area contributed by atoms with Gasteiger partial charge >= 0.3 is 0 Å². The summed E-state index contributed by atoms with van der Waals surface area (Å²) in [6.07, 6.45) is 1.49. The molecule has 0 aliphatic carbocycles. The first-order chi connectivity index (χ1) is 10.0. The number of hydrogen-bond acceptors (Lipinski definition) is 5. The Kier molecular flexibility index (Phi) is 4.64. The van der Waals surface area contributed by atoms with E-state index in [0.29, 0.717) is 16.3 Å². The molecule has 112 valence electrons. The molecule has 1 heterocycles. The van der Waals surface area contributed by atoms with Gasteiger partial charge in [0.15, 0.2) is 11.7 Å². The van der Waals surface area contributed by atoms with Crippen molar-refractivity contribution in [1.29, 1.82) is 0 Å². The third-order valence-corrected chi connectivity index (χ3v) is 3.14. The third-order valence-electron chi connectivity index (χ3n) is 2.83. The van der Waals surface area contributed by atoms with Gasteiger partial charge in [0.05, 0.1) is 5.02 Å². The Bertz CT molecular complexity index is 654. The first-order valence-corrected chi connectivity index (χ1v) is 6.69. The van der Waals surface area contributed by atoms with Crippen LogP contribution in [0.5, 0.6) is 5.75 Å². The van der Waals surface area contributed by atoms with Crippen molar-refractivity contribution in [2.24, 2.45) is 10.9 Å². The van der Waals surface area contributed by atoms with Crippen molar-refractivity contribution in [3.63, 3.8) is 0 Å². The first kappa shape index (κ1) is 15.1. The van der Waals surface area contributed by atoms with Crippen molar-refractivity contribution in [2.45, 2.75) is 26.5 Å². The van der Waals surface area contributed by atoms with Gasteiger partial charge in [-0.1, -0.05) is 16.8 Å². The Labute approximate surface area is 127 Å². The largest absolute Gasteiger partial charge is 0.486 e. The fourth-order valence-corrected chi connectivity index (χ4v) is 2.07. The SMILES string of the molecule is CC(C)n1ncnc1COc1ccc(/C(N)=N/O)c(Cl)c1. The van der Waals surface area contributed by atoms with E-state index in [2.05, 4.69) is 15.2 Å². The molecule has 0 amide bonds. The summed E-state index contributed by atoms with van der Waals surface area (Å²) in [7, 11) is 0. The molecule has 7 nitrogen and oxygen atoms in total. The second-order valence-corrected chi connectivity index (χ2v) is 5.04. The van der Waals surface area contributed by atoms with E-state index in [-0.39, 0.29) is 18.5 Å². The van der Waals surface area contributed by atoms with E-state index in [4.69, 9.17) is 27.3 Å². The molecule has 0 aliphatic heterocycles. The van der Waals surface area contributed by atoms with Crippen molar-refractivity contribution in [3.8, 4) is 5.75 Å². The number of benzene rings is 1. The molecule has 0 unspecified atom stereocenters. The molecule has 0 bridgehead atoms. The zero-order valence-electron chi connectivity index (χ0n) is 11.7. The predicted octanol–water partition coefficient (Wildman–Crippen LogP) is 2.19. The van der Waals surface area contributed by atoms with Gasteiger partial charge in [-0.25, -0.2) is 9.67 Å². The average molecular weight is 310 g/mol. The summed E-state index contributed by atoms with van der Waals surface area (Å²) in [5.74, 6) is 1.24. The van der Waals surface area contributed by atoms with Gasteiger partial charge in [0.25, 0.3) is 0 Å². The smallest absolute Gasteiger partial charge is 0.171 e. The van der Waals surface area contributed by atoms with Gasteiger partial charge in [-0.15, -0.1) is 0 Å². The Morgan fingerprint density at radius 1 is 1.52 bits per heavy atom. The number of rotatable bonds is 5. The summed E-state index contributed by atoms with van der Waals surface area (Å²) in [6, 6.07) is 5.12. The van der Waals surface area contributed by atoms with Crippen LogP contribution in [0.25, 0.3) is 0 Å². The van der Waals surface area contributed by atoms with E-state index in [0.717, 1.165) is 5.82 Å². The van der Waals surface area contributed by atoms with Crippen LogP contribution in [0.15, 0.2) is 29.7 Å².